The van der Waals surface area contributed by atoms with E-state index in [0.29, 0.717) is 17.1 Å². The van der Waals surface area contributed by atoms with E-state index in [-0.39, 0.29) is 16.6 Å². The maximum absolute atomic E-state index is 12.3. The van der Waals surface area contributed by atoms with E-state index in [4.69, 9.17) is 9.73 Å². The molecule has 0 fully saturated rings. The first-order valence-corrected chi connectivity index (χ1v) is 12.6. The molecule has 6 rings (SSSR count). The second-order valence-corrected chi connectivity index (χ2v) is 11.4. The Kier molecular flexibility index (Phi) is 4.84. The lowest BCUT2D eigenvalue weighted by atomic mass is 9.84. The molecule has 0 aromatic heterocycles. The Morgan fingerprint density at radius 1 is 0.865 bits per heavy atom. The van der Waals surface area contributed by atoms with Gasteiger partial charge in [0.1, 0.15) is 11.5 Å². The number of nitrogens with one attached hydrogen (secondary N) is 1. The Labute approximate surface area is 216 Å². The fourth-order valence-corrected chi connectivity index (χ4v) is 5.94. The summed E-state index contributed by atoms with van der Waals surface area (Å²) in [6.45, 7) is 12.7. The molecule has 5 heteroatoms. The van der Waals surface area contributed by atoms with Gasteiger partial charge >= 0.3 is 5.97 Å². The van der Waals surface area contributed by atoms with E-state index in [0.717, 1.165) is 44.1 Å². The third-order valence-electron chi connectivity index (χ3n) is 7.27. The summed E-state index contributed by atoms with van der Waals surface area (Å²) in [6, 6.07) is 15.5. The van der Waals surface area contributed by atoms with E-state index in [1.54, 1.807) is 12.1 Å². The van der Waals surface area contributed by atoms with Crippen molar-refractivity contribution in [1.82, 2.24) is 0 Å². The van der Waals surface area contributed by atoms with Crippen molar-refractivity contribution in [2.75, 3.05) is 5.32 Å². The highest BCUT2D eigenvalue weighted by Gasteiger charge is 2.30. The van der Waals surface area contributed by atoms with Crippen LogP contribution in [0.3, 0.4) is 0 Å². The summed E-state index contributed by atoms with van der Waals surface area (Å²) < 4.78 is 6.56. The number of hydrogen-bond donors (Lipinski definition) is 2. The van der Waals surface area contributed by atoms with Crippen LogP contribution in [-0.2, 0) is 0 Å². The van der Waals surface area contributed by atoms with Crippen LogP contribution in [0, 0.1) is 0 Å². The number of carbonyl (C=O) groups is 1. The molecule has 3 aliphatic rings. The Hall–Kier alpha value is -4.12. The molecule has 0 amide bonds. The van der Waals surface area contributed by atoms with Crippen LogP contribution in [0.15, 0.2) is 65.7 Å². The molecule has 2 N–H and O–H groups in total. The van der Waals surface area contributed by atoms with Crippen LogP contribution in [0.25, 0.3) is 16.7 Å². The molecular formula is C32H30N2O3. The van der Waals surface area contributed by atoms with E-state index < -0.39 is 5.97 Å². The summed E-state index contributed by atoms with van der Waals surface area (Å²) in [5, 5.41) is 15.4. The Morgan fingerprint density at radius 2 is 1.59 bits per heavy atom. The van der Waals surface area contributed by atoms with Crippen molar-refractivity contribution in [3.05, 3.63) is 99.1 Å². The lowest BCUT2D eigenvalue weighted by Crippen LogP contribution is -2.32. The van der Waals surface area contributed by atoms with Crippen molar-refractivity contribution >= 4 is 28.4 Å². The molecule has 0 saturated heterocycles. The molecule has 37 heavy (non-hydrogen) atoms. The molecule has 0 atom stereocenters. The monoisotopic (exact) mass is 490 g/mol. The predicted molar refractivity (Wildman–Crippen MR) is 148 cm³/mol. The minimum Gasteiger partial charge on any atom is -0.478 e. The summed E-state index contributed by atoms with van der Waals surface area (Å²) in [7, 11) is 0. The molecule has 0 bridgehead atoms. The summed E-state index contributed by atoms with van der Waals surface area (Å²) in [5.41, 5.74) is 7.60. The quantitative estimate of drug-likeness (QED) is 0.353. The fourth-order valence-electron chi connectivity index (χ4n) is 5.94. The number of benzene rings is 3. The maximum Gasteiger partial charge on any atom is 0.336 e. The average molecular weight is 491 g/mol. The average Bonchev–Trinajstić information content (AvgIpc) is 2.79. The number of fused-ring (bicyclic) bond motifs is 4. The van der Waals surface area contributed by atoms with Gasteiger partial charge < -0.3 is 15.2 Å². The van der Waals surface area contributed by atoms with Gasteiger partial charge in [-0.1, -0.05) is 30.4 Å². The van der Waals surface area contributed by atoms with Crippen LogP contribution in [-0.4, -0.2) is 22.2 Å². The zero-order valence-corrected chi connectivity index (χ0v) is 22.0. The van der Waals surface area contributed by atoms with E-state index in [1.807, 2.05) is 24.3 Å². The topological polar surface area (TPSA) is 70.9 Å². The van der Waals surface area contributed by atoms with E-state index in [9.17, 15) is 9.90 Å². The van der Waals surface area contributed by atoms with Crippen LogP contribution in [0.2, 0.25) is 0 Å². The van der Waals surface area contributed by atoms with Gasteiger partial charge in [0.2, 0.25) is 0 Å². The fraction of sp³-hybridized carbons (Fsp3) is 0.250. The number of allylic oxidation sites excluding steroid dienone is 2. The van der Waals surface area contributed by atoms with Gasteiger partial charge in [0, 0.05) is 45.3 Å². The number of anilines is 1. The van der Waals surface area contributed by atoms with Crippen molar-refractivity contribution in [1.29, 1.82) is 0 Å². The molecule has 3 aromatic carbocycles. The molecule has 5 nitrogen and oxygen atoms in total. The Morgan fingerprint density at radius 3 is 2.35 bits per heavy atom. The smallest absolute Gasteiger partial charge is 0.336 e. The van der Waals surface area contributed by atoms with Crippen LogP contribution in [0.5, 0.6) is 11.5 Å². The van der Waals surface area contributed by atoms with Gasteiger partial charge in [-0.05, 0) is 76.5 Å². The molecule has 3 aliphatic heterocycles. The van der Waals surface area contributed by atoms with Gasteiger partial charge in [0.15, 0.2) is 0 Å². The summed E-state index contributed by atoms with van der Waals surface area (Å²) in [5.74, 6) is 0.417. The highest BCUT2D eigenvalue weighted by molar-refractivity contribution is 5.99. The number of nitrogens with zero attached hydrogens (tertiary/aromatic N) is 1. The molecule has 0 unspecified atom stereocenters. The molecule has 0 saturated carbocycles. The van der Waals surface area contributed by atoms with Crippen molar-refractivity contribution in [3.63, 3.8) is 0 Å². The standard InChI is InChI=1S/C32H30N2O3/c1-17-15-31(3,4)33-25-13-27-23(11-21(17)25)29(19-9-7-8-10-20(19)30(35)36)24-12-22-18(2)16-32(5,6)34-26(22)14-28(24)37-27/h7-16,33H,1-6H3,(H,35,36). The van der Waals surface area contributed by atoms with Crippen molar-refractivity contribution in [2.45, 2.75) is 52.6 Å². The van der Waals surface area contributed by atoms with Gasteiger partial charge in [-0.3, -0.25) is 4.99 Å². The van der Waals surface area contributed by atoms with Gasteiger partial charge in [-0.15, -0.1) is 0 Å². The highest BCUT2D eigenvalue weighted by atomic mass is 16.5. The highest BCUT2D eigenvalue weighted by Crippen LogP contribution is 2.44. The third kappa shape index (κ3) is 3.77. The molecule has 3 aromatic rings. The van der Waals surface area contributed by atoms with E-state index in [1.165, 1.54) is 5.57 Å². The van der Waals surface area contributed by atoms with Crippen molar-refractivity contribution in [3.8, 4) is 11.5 Å². The van der Waals surface area contributed by atoms with Crippen LogP contribution >= 0.6 is 0 Å². The SMILES string of the molecule is CC1=CC(C)(C)Nc2cc3c(cc21)C(c1ccccc1C(=O)O)=c1cc2c(cc1O3)=NC(C)(C)C=C2C. The van der Waals surface area contributed by atoms with E-state index >= 15 is 0 Å². The minimum absolute atomic E-state index is 0.187. The first-order chi connectivity index (χ1) is 17.4. The first-order valence-electron chi connectivity index (χ1n) is 12.6. The largest absolute Gasteiger partial charge is 0.478 e. The molecule has 0 spiro atoms. The summed E-state index contributed by atoms with van der Waals surface area (Å²) in [4.78, 5) is 17.3. The minimum atomic E-state index is -0.957. The van der Waals surface area contributed by atoms with Gasteiger partial charge in [-0.25, -0.2) is 4.79 Å². The number of hydrogen-bond acceptors (Lipinski definition) is 4. The second-order valence-electron chi connectivity index (χ2n) is 11.4. The van der Waals surface area contributed by atoms with Crippen molar-refractivity contribution in [2.24, 2.45) is 4.99 Å². The van der Waals surface area contributed by atoms with Gasteiger partial charge in [0.25, 0.3) is 0 Å². The Bertz CT molecular complexity index is 1720. The number of carboxylic acids is 1. The van der Waals surface area contributed by atoms with Crippen molar-refractivity contribution < 1.29 is 14.6 Å². The molecule has 3 heterocycles. The van der Waals surface area contributed by atoms with Gasteiger partial charge in [0.05, 0.1) is 22.0 Å². The van der Waals surface area contributed by atoms with Crippen LogP contribution < -0.4 is 20.6 Å². The van der Waals surface area contributed by atoms with E-state index in [2.05, 4.69) is 71.1 Å². The lowest BCUT2D eigenvalue weighted by Gasteiger charge is -2.33. The normalized spacial score (nSPS) is 17.9. The summed E-state index contributed by atoms with van der Waals surface area (Å²) in [6.07, 6.45) is 4.39. The molecule has 0 aliphatic carbocycles. The number of aromatic carboxylic acids is 1. The molecule has 186 valence electrons. The Balaban J connectivity index is 1.74. The molecule has 0 radical (unpaired) electrons. The first kappa shape index (κ1) is 23.3. The van der Waals surface area contributed by atoms with Crippen LogP contribution in [0.1, 0.15) is 74.2 Å². The predicted octanol–water partition coefficient (Wildman–Crippen LogP) is 6.16. The van der Waals surface area contributed by atoms with Gasteiger partial charge in [-0.2, -0.15) is 0 Å². The zero-order valence-electron chi connectivity index (χ0n) is 22.0. The maximum atomic E-state index is 12.3. The second kappa shape index (κ2) is 7.69. The lowest BCUT2D eigenvalue weighted by molar-refractivity contribution is 0.0696. The third-order valence-corrected chi connectivity index (χ3v) is 7.27. The molecular weight excluding hydrogens is 460 g/mol. The number of ether oxygens (including phenoxy) is 1. The zero-order chi connectivity index (χ0) is 26.3. The van der Waals surface area contributed by atoms with Crippen LogP contribution in [0.4, 0.5) is 5.69 Å². The summed E-state index contributed by atoms with van der Waals surface area (Å²) >= 11 is 0. The number of carboxylic acid groups (broad SMARTS) is 1. The number of rotatable bonds is 2.